The molecule has 0 amide bonds. The van der Waals surface area contributed by atoms with Crippen LogP contribution < -0.4 is 14.1 Å². The summed E-state index contributed by atoms with van der Waals surface area (Å²) in [4.78, 5) is 0. The fourth-order valence-electron chi connectivity index (χ4n) is 5.00. The minimum Gasteiger partial charge on any atom is -0.405 e. The topological polar surface area (TPSA) is 47.6 Å². The van der Waals surface area contributed by atoms with Gasteiger partial charge in [-0.3, -0.25) is 0 Å². The van der Waals surface area contributed by atoms with Crippen LogP contribution in [0, 0.1) is 0 Å². The number of nitrogens with one attached hydrogen (secondary N) is 1. The average Bonchev–Trinajstić information content (AvgIpc) is 2.88. The molecule has 0 aliphatic rings. The molecule has 0 aliphatic carbocycles. The van der Waals surface area contributed by atoms with Gasteiger partial charge in [0.05, 0.1) is 0 Å². The van der Waals surface area contributed by atoms with Crippen molar-refractivity contribution in [1.29, 1.82) is 0 Å². The first-order valence-electron chi connectivity index (χ1n) is 14.9. The summed E-state index contributed by atoms with van der Waals surface area (Å²) >= 11 is 0. The van der Waals surface area contributed by atoms with Gasteiger partial charge in [-0.2, -0.15) is 0 Å². The van der Waals surface area contributed by atoms with Crippen molar-refractivity contribution in [2.45, 2.75) is 105 Å². The van der Waals surface area contributed by atoms with Gasteiger partial charge < -0.3 is 9.05 Å². The summed E-state index contributed by atoms with van der Waals surface area (Å²) in [6.45, 7) is 22.6. The lowest BCUT2D eigenvalue weighted by molar-refractivity contribution is 0.369. The molecule has 5 heteroatoms. The SMILES string of the molecule is CC(C)c1ccc(OP(=O)(NCCc2c(C(C)C)cc(C(C)C)cc2C(C)C)Oc2ccccc2)c(C(C)C)c1. The molecule has 3 rings (SSSR count). The van der Waals surface area contributed by atoms with E-state index >= 15 is 0 Å². The summed E-state index contributed by atoms with van der Waals surface area (Å²) in [5.41, 5.74) is 7.69. The Morgan fingerprint density at radius 3 is 1.65 bits per heavy atom. The number of benzene rings is 3. The van der Waals surface area contributed by atoms with Crippen LogP contribution in [0.15, 0.2) is 60.7 Å². The first-order chi connectivity index (χ1) is 18.8. The first-order valence-corrected chi connectivity index (χ1v) is 16.4. The van der Waals surface area contributed by atoms with Crippen LogP contribution in [0.3, 0.4) is 0 Å². The van der Waals surface area contributed by atoms with Gasteiger partial charge in [0, 0.05) is 6.54 Å². The van der Waals surface area contributed by atoms with Crippen molar-refractivity contribution in [2.24, 2.45) is 0 Å². The number of hydrogen-bond donors (Lipinski definition) is 1. The van der Waals surface area contributed by atoms with E-state index in [1.54, 1.807) is 12.1 Å². The third-order valence-electron chi connectivity index (χ3n) is 7.44. The van der Waals surface area contributed by atoms with Crippen LogP contribution >= 0.6 is 7.75 Å². The van der Waals surface area contributed by atoms with E-state index in [0.717, 1.165) is 12.0 Å². The summed E-state index contributed by atoms with van der Waals surface area (Å²) in [5.74, 6) is 2.96. The van der Waals surface area contributed by atoms with Crippen LogP contribution in [0.2, 0.25) is 0 Å². The Labute approximate surface area is 243 Å². The monoisotopic (exact) mass is 563 g/mol. The molecule has 0 fully saturated rings. The first kappa shape index (κ1) is 32.0. The Morgan fingerprint density at radius 1 is 0.625 bits per heavy atom. The van der Waals surface area contributed by atoms with Crippen LogP contribution in [-0.2, 0) is 11.0 Å². The third kappa shape index (κ3) is 8.24. The molecule has 0 saturated carbocycles. The average molecular weight is 564 g/mol. The van der Waals surface area contributed by atoms with Gasteiger partial charge in [0.25, 0.3) is 0 Å². The number of hydrogen-bond acceptors (Lipinski definition) is 3. The van der Waals surface area contributed by atoms with Crippen molar-refractivity contribution in [3.8, 4) is 11.5 Å². The normalized spacial score (nSPS) is 13.5. The van der Waals surface area contributed by atoms with E-state index < -0.39 is 7.75 Å². The van der Waals surface area contributed by atoms with Crippen molar-refractivity contribution in [3.05, 3.63) is 94.0 Å². The molecular weight excluding hydrogens is 513 g/mol. The summed E-state index contributed by atoms with van der Waals surface area (Å²) in [5, 5.41) is 3.23. The molecule has 0 heterocycles. The second kappa shape index (κ2) is 13.9. The van der Waals surface area contributed by atoms with E-state index in [2.05, 4.69) is 98.6 Å². The van der Waals surface area contributed by atoms with E-state index in [-0.39, 0.29) is 5.92 Å². The van der Waals surface area contributed by atoms with Gasteiger partial charge >= 0.3 is 7.75 Å². The Bertz CT molecular complexity index is 1270. The smallest absolute Gasteiger partial charge is 0.405 e. The zero-order valence-electron chi connectivity index (χ0n) is 26.2. The third-order valence-corrected chi connectivity index (χ3v) is 8.94. The number of para-hydroxylation sites is 1. The van der Waals surface area contributed by atoms with Crippen molar-refractivity contribution < 1.29 is 13.6 Å². The Kier molecular flexibility index (Phi) is 11.1. The second-order valence-electron chi connectivity index (χ2n) is 12.4. The standard InChI is InChI=1S/C35H50NO3P/c1-23(2)28-16-17-35(34(20-28)27(9)10)39-40(37,38-30-14-12-11-13-15-30)36-19-18-31-32(25(5)6)21-29(24(3)4)22-33(31)26(7)8/h11-17,20-27H,18-19H2,1-10H3,(H,36,37). The largest absolute Gasteiger partial charge is 0.512 e. The minimum atomic E-state index is -3.76. The molecule has 1 unspecified atom stereocenters. The van der Waals surface area contributed by atoms with Gasteiger partial charge in [-0.15, -0.1) is 0 Å². The molecule has 3 aromatic carbocycles. The van der Waals surface area contributed by atoms with Crippen molar-refractivity contribution in [2.75, 3.05) is 6.54 Å². The maximum Gasteiger partial charge on any atom is 0.512 e. The van der Waals surface area contributed by atoms with Gasteiger partial charge in [0.15, 0.2) is 0 Å². The summed E-state index contributed by atoms with van der Waals surface area (Å²) in [6, 6.07) is 20.1. The maximum absolute atomic E-state index is 14.4. The van der Waals surface area contributed by atoms with Gasteiger partial charge in [-0.25, -0.2) is 9.65 Å². The highest BCUT2D eigenvalue weighted by atomic mass is 31.2. The lowest BCUT2D eigenvalue weighted by atomic mass is 9.83. The van der Waals surface area contributed by atoms with Crippen LogP contribution in [0.25, 0.3) is 0 Å². The van der Waals surface area contributed by atoms with Crippen LogP contribution in [0.4, 0.5) is 0 Å². The zero-order valence-corrected chi connectivity index (χ0v) is 27.1. The molecule has 40 heavy (non-hydrogen) atoms. The van der Waals surface area contributed by atoms with Gasteiger partial charge in [-0.1, -0.05) is 112 Å². The van der Waals surface area contributed by atoms with Crippen molar-refractivity contribution in [1.82, 2.24) is 5.09 Å². The van der Waals surface area contributed by atoms with E-state index in [9.17, 15) is 4.57 Å². The molecule has 0 saturated heterocycles. The van der Waals surface area contributed by atoms with Crippen LogP contribution in [0.1, 0.15) is 132 Å². The molecule has 218 valence electrons. The van der Waals surface area contributed by atoms with Gasteiger partial charge in [0.2, 0.25) is 0 Å². The highest BCUT2D eigenvalue weighted by Crippen LogP contribution is 2.47. The lowest BCUT2D eigenvalue weighted by Gasteiger charge is -2.25. The Morgan fingerprint density at radius 2 is 1.15 bits per heavy atom. The lowest BCUT2D eigenvalue weighted by Crippen LogP contribution is -2.22. The zero-order chi connectivity index (χ0) is 29.6. The molecular formula is C35H50NO3P. The summed E-state index contributed by atoms with van der Waals surface area (Å²) < 4.78 is 26.7. The number of rotatable bonds is 13. The predicted octanol–water partition coefficient (Wildman–Crippen LogP) is 10.7. The molecule has 0 aromatic heterocycles. The summed E-state index contributed by atoms with van der Waals surface area (Å²) in [6.07, 6.45) is 0.730. The summed E-state index contributed by atoms with van der Waals surface area (Å²) in [7, 11) is -3.76. The maximum atomic E-state index is 14.4. The Hall–Kier alpha value is -2.55. The van der Waals surface area contributed by atoms with E-state index in [4.69, 9.17) is 9.05 Å². The molecule has 4 nitrogen and oxygen atoms in total. The van der Waals surface area contributed by atoms with Crippen LogP contribution in [-0.4, -0.2) is 6.54 Å². The van der Waals surface area contributed by atoms with E-state index in [1.807, 2.05) is 24.3 Å². The van der Waals surface area contributed by atoms with Crippen molar-refractivity contribution >= 4 is 7.75 Å². The molecule has 1 atom stereocenters. The van der Waals surface area contributed by atoms with E-state index in [1.165, 1.54) is 27.8 Å². The molecule has 0 aliphatic heterocycles. The molecule has 0 spiro atoms. The quantitative estimate of drug-likeness (QED) is 0.210. The molecule has 1 N–H and O–H groups in total. The van der Waals surface area contributed by atoms with E-state index in [0.29, 0.717) is 41.7 Å². The highest BCUT2D eigenvalue weighted by molar-refractivity contribution is 7.52. The van der Waals surface area contributed by atoms with Gasteiger partial charge in [0.1, 0.15) is 11.5 Å². The minimum absolute atomic E-state index is 0.209. The van der Waals surface area contributed by atoms with Crippen LogP contribution in [0.5, 0.6) is 11.5 Å². The Balaban J connectivity index is 1.96. The molecule has 0 bridgehead atoms. The second-order valence-corrected chi connectivity index (χ2v) is 14.1. The molecule has 0 radical (unpaired) electrons. The van der Waals surface area contributed by atoms with Crippen molar-refractivity contribution in [3.63, 3.8) is 0 Å². The molecule has 3 aromatic rings. The predicted molar refractivity (Wildman–Crippen MR) is 170 cm³/mol. The fraction of sp³-hybridized carbons (Fsp3) is 0.486. The van der Waals surface area contributed by atoms with Gasteiger partial charge in [-0.05, 0) is 87.6 Å². The highest BCUT2D eigenvalue weighted by Gasteiger charge is 2.30. The fourth-order valence-corrected chi connectivity index (χ4v) is 6.38.